The summed E-state index contributed by atoms with van der Waals surface area (Å²) in [5.74, 6) is 0.792. The van der Waals surface area contributed by atoms with E-state index in [1.54, 1.807) is 0 Å². The van der Waals surface area contributed by atoms with E-state index in [0.29, 0.717) is 0 Å². The van der Waals surface area contributed by atoms with Crippen LogP contribution in [0.1, 0.15) is 13.3 Å². The molecule has 9 heavy (non-hydrogen) atoms. The summed E-state index contributed by atoms with van der Waals surface area (Å²) < 4.78 is 0.0895. The molecular formula is C5H8Cl4. The monoisotopic (exact) mass is 208 g/mol. The molecule has 0 aromatic rings. The Balaban J connectivity index is 0. The molecule has 0 aromatic carbocycles. The van der Waals surface area contributed by atoms with E-state index in [1.807, 2.05) is 6.92 Å². The molecule has 0 aliphatic rings. The number of hydrogen-bond acceptors (Lipinski definition) is 0. The van der Waals surface area contributed by atoms with Gasteiger partial charge in [0.2, 0.25) is 0 Å². The van der Waals surface area contributed by atoms with Crippen LogP contribution in [-0.4, -0.2) is 5.88 Å². The molecule has 0 saturated heterocycles. The molecule has 0 fully saturated rings. The van der Waals surface area contributed by atoms with E-state index < -0.39 is 0 Å². The van der Waals surface area contributed by atoms with Crippen LogP contribution >= 0.6 is 46.4 Å². The molecule has 0 rings (SSSR count). The molecule has 0 spiro atoms. The Morgan fingerprint density at radius 1 is 1.44 bits per heavy atom. The van der Waals surface area contributed by atoms with Crippen molar-refractivity contribution in [1.29, 1.82) is 0 Å². The zero-order chi connectivity index (χ0) is 7.70. The number of alkyl halides is 1. The highest BCUT2D eigenvalue weighted by Crippen LogP contribution is 2.05. The molecule has 0 radical (unpaired) electrons. The van der Waals surface area contributed by atoms with E-state index in [4.69, 9.17) is 46.4 Å². The molecule has 4 heteroatoms. The minimum Gasteiger partial charge on any atom is -0.127 e. The van der Waals surface area contributed by atoms with Crippen LogP contribution in [0.3, 0.4) is 0 Å². The zero-order valence-corrected chi connectivity index (χ0v) is 8.03. The highest BCUT2D eigenvalue weighted by atomic mass is 35.5. The van der Waals surface area contributed by atoms with Crippen LogP contribution in [0.4, 0.5) is 0 Å². The van der Waals surface area contributed by atoms with Crippen LogP contribution in [0.25, 0.3) is 0 Å². The van der Waals surface area contributed by atoms with Crippen molar-refractivity contribution in [2.45, 2.75) is 13.3 Å². The summed E-state index contributed by atoms with van der Waals surface area (Å²) in [6, 6.07) is 0. The molecule has 0 heterocycles. The van der Waals surface area contributed by atoms with Crippen LogP contribution in [0.5, 0.6) is 0 Å². The summed E-state index contributed by atoms with van der Waals surface area (Å²) in [5.41, 5.74) is 1.09. The lowest BCUT2D eigenvalue weighted by Gasteiger charge is -1.65. The van der Waals surface area contributed by atoms with Gasteiger partial charge in [0.1, 0.15) is 4.49 Å². The lowest BCUT2D eigenvalue weighted by molar-refractivity contribution is 1.10. The number of rotatable bonds is 1. The quantitative estimate of drug-likeness (QED) is 0.570. The van der Waals surface area contributed by atoms with E-state index in [2.05, 4.69) is 0 Å². The summed E-state index contributed by atoms with van der Waals surface area (Å²) in [7, 11) is 0. The average molecular weight is 210 g/mol. The van der Waals surface area contributed by atoms with Crippen molar-refractivity contribution < 1.29 is 0 Å². The predicted molar refractivity (Wildman–Crippen MR) is 46.7 cm³/mol. The van der Waals surface area contributed by atoms with E-state index in [1.165, 1.54) is 0 Å². The second kappa shape index (κ2) is 11.7. The van der Waals surface area contributed by atoms with E-state index in [-0.39, 0.29) is 4.49 Å². The fourth-order valence-electron chi connectivity index (χ4n) is 0. The first-order valence-corrected chi connectivity index (χ1v) is 4.09. The van der Waals surface area contributed by atoms with Gasteiger partial charge in [0.05, 0.1) is 0 Å². The molecule has 0 aliphatic heterocycles. The Bertz CT molecular complexity index is 63.4. The van der Waals surface area contributed by atoms with Gasteiger partial charge in [0, 0.05) is 11.4 Å². The van der Waals surface area contributed by atoms with E-state index >= 15 is 0 Å². The zero-order valence-electron chi connectivity index (χ0n) is 5.00. The Kier molecular flexibility index (Phi) is 16.3. The first kappa shape index (κ1) is 12.6. The fraction of sp³-hybridized carbons (Fsp3) is 0.600. The van der Waals surface area contributed by atoms with Gasteiger partial charge in [-0.15, -0.1) is 11.6 Å². The van der Waals surface area contributed by atoms with Gasteiger partial charge in [-0.1, -0.05) is 41.7 Å². The van der Waals surface area contributed by atoms with Crippen LogP contribution in [-0.2, 0) is 0 Å². The van der Waals surface area contributed by atoms with Crippen LogP contribution in [0.2, 0.25) is 0 Å². The SMILES string of the molecule is CCCCl.ClC=C(Cl)Cl. The molecule has 0 aromatic heterocycles. The third-order valence-corrected chi connectivity index (χ3v) is 1.31. The van der Waals surface area contributed by atoms with Gasteiger partial charge in [-0.2, -0.15) is 0 Å². The first-order chi connectivity index (χ1) is 4.18. The molecule has 0 bridgehead atoms. The van der Waals surface area contributed by atoms with Gasteiger partial charge in [0.15, 0.2) is 0 Å². The Morgan fingerprint density at radius 3 is 1.67 bits per heavy atom. The maximum atomic E-state index is 5.19. The third-order valence-electron chi connectivity index (χ3n) is 0.271. The molecule has 0 unspecified atom stereocenters. The standard InChI is InChI=1S/C3H7Cl.C2HCl3/c1-2-3-4;3-1-2(4)5/h2-3H2,1H3;1H. The van der Waals surface area contributed by atoms with Crippen LogP contribution < -0.4 is 0 Å². The minimum atomic E-state index is 0.0895. The maximum absolute atomic E-state index is 5.19. The average Bonchev–Trinajstić information content (AvgIpc) is 1.89. The van der Waals surface area contributed by atoms with Gasteiger partial charge in [0.25, 0.3) is 0 Å². The van der Waals surface area contributed by atoms with Crippen molar-refractivity contribution in [2.24, 2.45) is 0 Å². The van der Waals surface area contributed by atoms with Gasteiger partial charge in [-0.3, -0.25) is 0 Å². The van der Waals surface area contributed by atoms with E-state index in [0.717, 1.165) is 17.8 Å². The number of halogens is 4. The molecule has 0 atom stereocenters. The van der Waals surface area contributed by atoms with Crippen LogP contribution in [0, 0.1) is 0 Å². The van der Waals surface area contributed by atoms with Crippen molar-refractivity contribution >= 4 is 46.4 Å². The Labute approximate surface area is 75.7 Å². The lowest BCUT2D eigenvalue weighted by atomic mass is 10.6. The highest BCUT2D eigenvalue weighted by molar-refractivity contribution is 6.58. The van der Waals surface area contributed by atoms with E-state index in [9.17, 15) is 0 Å². The summed E-state index contributed by atoms with van der Waals surface area (Å²) in [5, 5.41) is 0. The van der Waals surface area contributed by atoms with Gasteiger partial charge >= 0.3 is 0 Å². The normalized spacial score (nSPS) is 7.22. The molecule has 56 valence electrons. The largest absolute Gasteiger partial charge is 0.127 e. The van der Waals surface area contributed by atoms with Gasteiger partial charge in [-0.05, 0) is 6.42 Å². The predicted octanol–water partition coefficient (Wildman–Crippen LogP) is 4.14. The summed E-state index contributed by atoms with van der Waals surface area (Å²) in [4.78, 5) is 0. The summed E-state index contributed by atoms with van der Waals surface area (Å²) >= 11 is 20.0. The van der Waals surface area contributed by atoms with Crippen molar-refractivity contribution in [3.05, 3.63) is 10.0 Å². The van der Waals surface area contributed by atoms with Crippen molar-refractivity contribution in [3.63, 3.8) is 0 Å². The molecular weight excluding hydrogens is 202 g/mol. The maximum Gasteiger partial charge on any atom is 0.118 e. The fourth-order valence-corrected chi connectivity index (χ4v) is 0. The van der Waals surface area contributed by atoms with Crippen LogP contribution in [0.15, 0.2) is 10.0 Å². The second-order valence-corrected chi connectivity index (χ2v) is 2.69. The topological polar surface area (TPSA) is 0 Å². The summed E-state index contributed by atoms with van der Waals surface area (Å²) in [6.45, 7) is 2.05. The smallest absolute Gasteiger partial charge is 0.118 e. The molecule has 0 amide bonds. The van der Waals surface area contributed by atoms with Crippen molar-refractivity contribution in [2.75, 3.05) is 5.88 Å². The van der Waals surface area contributed by atoms with Gasteiger partial charge < -0.3 is 0 Å². The second-order valence-electron chi connectivity index (χ2n) is 1.09. The molecule has 0 aliphatic carbocycles. The third kappa shape index (κ3) is 27.9. The van der Waals surface area contributed by atoms with Crippen molar-refractivity contribution in [1.82, 2.24) is 0 Å². The number of hydrogen-bond donors (Lipinski definition) is 0. The highest BCUT2D eigenvalue weighted by Gasteiger charge is 1.70. The summed E-state index contributed by atoms with van der Waals surface area (Å²) in [6.07, 6.45) is 1.08. The molecule has 0 N–H and O–H groups in total. The molecule has 0 saturated carbocycles. The Hall–Kier alpha value is 0.900. The van der Waals surface area contributed by atoms with Crippen molar-refractivity contribution in [3.8, 4) is 0 Å². The molecule has 0 nitrogen and oxygen atoms in total. The first-order valence-electron chi connectivity index (χ1n) is 2.36. The van der Waals surface area contributed by atoms with Gasteiger partial charge in [-0.25, -0.2) is 0 Å². The lowest BCUT2D eigenvalue weighted by Crippen LogP contribution is -1.55. The Morgan fingerprint density at radius 2 is 1.67 bits per heavy atom. The minimum absolute atomic E-state index is 0.0895.